The second-order valence-corrected chi connectivity index (χ2v) is 8.39. The standard InChI is InChI=1S/C28H25FN4O3/c1-2-33-17-19(22-6-3-4-7-25(22)33)14-24(32-28(35)26-8-5-13-36-26)27(34)30-12-11-18-16-31-23-15-20(29)9-10-21(18)23/h3-10,13-17,31H,2,11-12H2,1H3,(H,30,34)(H,32,35)/b24-14-. The number of carbonyl (C=O) groups excluding carboxylic acids is 2. The molecule has 5 aromatic rings. The molecule has 2 aromatic carbocycles. The van der Waals surface area contributed by atoms with Crippen LogP contribution in [0, 0.1) is 5.82 Å². The lowest BCUT2D eigenvalue weighted by atomic mass is 10.1. The molecule has 0 unspecified atom stereocenters. The number of rotatable bonds is 8. The number of fused-ring (bicyclic) bond motifs is 2. The first-order valence-corrected chi connectivity index (χ1v) is 11.7. The number of furan rings is 1. The number of aryl methyl sites for hydroxylation is 1. The number of benzene rings is 2. The summed E-state index contributed by atoms with van der Waals surface area (Å²) in [5, 5.41) is 7.47. The number of halogens is 1. The van der Waals surface area contributed by atoms with E-state index in [1.807, 2.05) is 43.6 Å². The van der Waals surface area contributed by atoms with Crippen molar-refractivity contribution in [1.29, 1.82) is 0 Å². The second-order valence-electron chi connectivity index (χ2n) is 8.39. The number of hydrogen-bond acceptors (Lipinski definition) is 3. The van der Waals surface area contributed by atoms with Crippen LogP contribution in [0.4, 0.5) is 4.39 Å². The van der Waals surface area contributed by atoms with Gasteiger partial charge in [-0.25, -0.2) is 4.39 Å². The molecule has 0 aliphatic rings. The Morgan fingerprint density at radius 2 is 1.97 bits per heavy atom. The minimum Gasteiger partial charge on any atom is -0.459 e. The van der Waals surface area contributed by atoms with Crippen LogP contribution in [0.1, 0.15) is 28.6 Å². The Balaban J connectivity index is 1.39. The van der Waals surface area contributed by atoms with Crippen molar-refractivity contribution in [2.24, 2.45) is 0 Å². The number of nitrogens with zero attached hydrogens (tertiary/aromatic N) is 1. The van der Waals surface area contributed by atoms with Gasteiger partial charge in [0, 0.05) is 52.9 Å². The molecule has 8 heteroatoms. The van der Waals surface area contributed by atoms with E-state index in [1.54, 1.807) is 18.2 Å². The third-order valence-corrected chi connectivity index (χ3v) is 6.11. The van der Waals surface area contributed by atoms with E-state index >= 15 is 0 Å². The van der Waals surface area contributed by atoms with Crippen LogP contribution in [0.15, 0.2) is 83.4 Å². The summed E-state index contributed by atoms with van der Waals surface area (Å²) in [7, 11) is 0. The molecule has 182 valence electrons. The van der Waals surface area contributed by atoms with Gasteiger partial charge in [-0.3, -0.25) is 9.59 Å². The smallest absolute Gasteiger partial charge is 0.291 e. The zero-order valence-electron chi connectivity index (χ0n) is 19.7. The van der Waals surface area contributed by atoms with Crippen LogP contribution in [0.5, 0.6) is 0 Å². The Morgan fingerprint density at radius 1 is 1.11 bits per heavy atom. The Hall–Kier alpha value is -4.59. The number of aromatic nitrogens is 2. The Bertz CT molecular complexity index is 1580. The molecule has 3 aromatic heterocycles. The van der Waals surface area contributed by atoms with E-state index in [1.165, 1.54) is 24.5 Å². The minimum absolute atomic E-state index is 0.107. The monoisotopic (exact) mass is 484 g/mol. The Morgan fingerprint density at radius 3 is 2.78 bits per heavy atom. The van der Waals surface area contributed by atoms with Gasteiger partial charge in [-0.2, -0.15) is 0 Å². The maximum absolute atomic E-state index is 13.5. The lowest BCUT2D eigenvalue weighted by molar-refractivity contribution is -0.117. The maximum Gasteiger partial charge on any atom is 0.291 e. The van der Waals surface area contributed by atoms with Gasteiger partial charge >= 0.3 is 0 Å². The van der Waals surface area contributed by atoms with Gasteiger partial charge in [-0.15, -0.1) is 0 Å². The fraction of sp³-hybridized carbons (Fsp3) is 0.143. The largest absolute Gasteiger partial charge is 0.459 e. The highest BCUT2D eigenvalue weighted by molar-refractivity contribution is 6.06. The molecule has 0 radical (unpaired) electrons. The molecule has 36 heavy (non-hydrogen) atoms. The Kier molecular flexibility index (Phi) is 6.40. The van der Waals surface area contributed by atoms with E-state index in [9.17, 15) is 14.0 Å². The van der Waals surface area contributed by atoms with Crippen LogP contribution >= 0.6 is 0 Å². The van der Waals surface area contributed by atoms with E-state index in [4.69, 9.17) is 4.42 Å². The van der Waals surface area contributed by atoms with Gasteiger partial charge < -0.3 is 24.6 Å². The van der Waals surface area contributed by atoms with Gasteiger partial charge in [0.05, 0.1) is 6.26 Å². The zero-order valence-corrected chi connectivity index (χ0v) is 19.7. The third-order valence-electron chi connectivity index (χ3n) is 6.11. The molecule has 0 aliphatic heterocycles. The summed E-state index contributed by atoms with van der Waals surface area (Å²) in [6.45, 7) is 3.14. The molecule has 5 rings (SSSR count). The summed E-state index contributed by atoms with van der Waals surface area (Å²) >= 11 is 0. The van der Waals surface area contributed by atoms with Gasteiger partial charge in [-0.1, -0.05) is 18.2 Å². The number of amides is 2. The quantitative estimate of drug-likeness (QED) is 0.271. The third kappa shape index (κ3) is 4.65. The van der Waals surface area contributed by atoms with E-state index in [2.05, 4.69) is 20.2 Å². The Labute approximate surface area is 206 Å². The molecule has 0 saturated carbocycles. The number of hydrogen-bond donors (Lipinski definition) is 3. The zero-order chi connectivity index (χ0) is 25.1. The number of nitrogens with one attached hydrogen (secondary N) is 3. The highest BCUT2D eigenvalue weighted by Crippen LogP contribution is 2.24. The molecule has 0 bridgehead atoms. The minimum atomic E-state index is -0.515. The number of para-hydroxylation sites is 1. The molecule has 0 fully saturated rings. The highest BCUT2D eigenvalue weighted by Gasteiger charge is 2.18. The SMILES string of the molecule is CCn1cc(/C=C(\NC(=O)c2ccco2)C(=O)NCCc2c[nH]c3cc(F)ccc23)c2ccccc21. The first kappa shape index (κ1) is 23.2. The molecule has 0 spiro atoms. The maximum atomic E-state index is 13.5. The van der Waals surface area contributed by atoms with Crippen molar-refractivity contribution < 1.29 is 18.4 Å². The van der Waals surface area contributed by atoms with Crippen LogP contribution < -0.4 is 10.6 Å². The first-order chi connectivity index (χ1) is 17.5. The van der Waals surface area contributed by atoms with Crippen molar-refractivity contribution >= 4 is 39.7 Å². The molecule has 0 aliphatic carbocycles. The summed E-state index contributed by atoms with van der Waals surface area (Å²) in [5.74, 6) is -1.14. The van der Waals surface area contributed by atoms with Crippen molar-refractivity contribution in [2.45, 2.75) is 19.9 Å². The van der Waals surface area contributed by atoms with Crippen molar-refractivity contribution in [1.82, 2.24) is 20.2 Å². The summed E-state index contributed by atoms with van der Waals surface area (Å²) < 4.78 is 20.8. The molecular weight excluding hydrogens is 459 g/mol. The normalized spacial score (nSPS) is 11.8. The van der Waals surface area contributed by atoms with Gasteiger partial charge in [0.1, 0.15) is 11.5 Å². The van der Waals surface area contributed by atoms with Gasteiger partial charge in [-0.05, 0) is 61.4 Å². The highest BCUT2D eigenvalue weighted by atomic mass is 19.1. The molecule has 7 nitrogen and oxygen atoms in total. The van der Waals surface area contributed by atoms with Crippen molar-refractivity contribution in [3.05, 3.63) is 102 Å². The predicted octanol–water partition coefficient (Wildman–Crippen LogP) is 5.00. The predicted molar refractivity (Wildman–Crippen MR) is 137 cm³/mol. The molecule has 3 heterocycles. The van der Waals surface area contributed by atoms with Crippen LogP contribution in [0.25, 0.3) is 27.9 Å². The van der Waals surface area contributed by atoms with Gasteiger partial charge in [0.2, 0.25) is 0 Å². The van der Waals surface area contributed by atoms with Gasteiger partial charge in [0.15, 0.2) is 5.76 Å². The van der Waals surface area contributed by atoms with Crippen LogP contribution in [0.2, 0.25) is 0 Å². The van der Waals surface area contributed by atoms with Crippen molar-refractivity contribution in [2.75, 3.05) is 6.54 Å². The average molecular weight is 485 g/mol. The van der Waals surface area contributed by atoms with Crippen molar-refractivity contribution in [3.8, 4) is 0 Å². The van der Waals surface area contributed by atoms with E-state index < -0.39 is 11.8 Å². The molecule has 3 N–H and O–H groups in total. The lowest BCUT2D eigenvalue weighted by Gasteiger charge is -2.10. The van der Waals surface area contributed by atoms with Crippen LogP contribution in [0.3, 0.4) is 0 Å². The van der Waals surface area contributed by atoms with Crippen molar-refractivity contribution in [3.63, 3.8) is 0 Å². The van der Waals surface area contributed by atoms with Crippen LogP contribution in [-0.2, 0) is 17.8 Å². The summed E-state index contributed by atoms with van der Waals surface area (Å²) in [4.78, 5) is 29.0. The fourth-order valence-corrected chi connectivity index (χ4v) is 4.33. The number of aromatic amines is 1. The first-order valence-electron chi connectivity index (χ1n) is 11.7. The van der Waals surface area contributed by atoms with Crippen LogP contribution in [-0.4, -0.2) is 27.9 Å². The second kappa shape index (κ2) is 9.95. The summed E-state index contributed by atoms with van der Waals surface area (Å²) in [5.41, 5.74) is 3.63. The molecule has 0 saturated heterocycles. The van der Waals surface area contributed by atoms with Gasteiger partial charge in [0.25, 0.3) is 11.8 Å². The number of carbonyl (C=O) groups is 2. The topological polar surface area (TPSA) is 92.1 Å². The fourth-order valence-electron chi connectivity index (χ4n) is 4.33. The summed E-state index contributed by atoms with van der Waals surface area (Å²) in [6.07, 6.45) is 7.39. The molecular formula is C28H25FN4O3. The van der Waals surface area contributed by atoms with E-state index in [0.29, 0.717) is 18.5 Å². The van der Waals surface area contributed by atoms with E-state index in [-0.39, 0.29) is 17.3 Å². The lowest BCUT2D eigenvalue weighted by Crippen LogP contribution is -2.35. The summed E-state index contributed by atoms with van der Waals surface area (Å²) in [6, 6.07) is 15.6. The van der Waals surface area contributed by atoms with E-state index in [0.717, 1.165) is 34.0 Å². The molecule has 0 atom stereocenters. The molecule has 2 amide bonds. The number of H-pyrrole nitrogens is 1. The average Bonchev–Trinajstić information content (AvgIpc) is 3.63.